The molecule has 1 aliphatic rings. The number of rotatable bonds is 1. The molecule has 2 rings (SSSR count). The van der Waals surface area contributed by atoms with Crippen molar-refractivity contribution in [2.24, 2.45) is 5.41 Å². The minimum atomic E-state index is -0.0241. The van der Waals surface area contributed by atoms with E-state index in [0.717, 1.165) is 22.4 Å². The molecule has 0 aliphatic heterocycles. The summed E-state index contributed by atoms with van der Waals surface area (Å²) in [5.74, 6) is 0. The molecule has 94 valence electrons. The summed E-state index contributed by atoms with van der Waals surface area (Å²) in [5, 5.41) is 17.8. The van der Waals surface area contributed by atoms with Crippen molar-refractivity contribution in [2.75, 3.05) is 5.73 Å². The fourth-order valence-corrected chi connectivity index (χ4v) is 3.71. The summed E-state index contributed by atoms with van der Waals surface area (Å²) >= 11 is 1.44. The maximum Gasteiger partial charge on any atom is 0.105 e. The Morgan fingerprint density at radius 1 is 1.50 bits per heavy atom. The Bertz CT molecular complexity index is 612. The van der Waals surface area contributed by atoms with E-state index in [1.54, 1.807) is 6.92 Å². The zero-order chi connectivity index (χ0) is 13.7. The molecule has 1 aromatic heterocycles. The van der Waals surface area contributed by atoms with Crippen molar-refractivity contribution in [3.8, 4) is 6.07 Å². The number of anilines is 1. The molecule has 0 aromatic carbocycles. The standard InChI is InChI=1S/C14H17N3S/c1-7-11(8(2)16)12-9(5-14(7,3)4)10(6-15)13(17)18-12/h16H,5,17H2,1-4H3. The fraction of sp³-hybridized carbons (Fsp3) is 0.429. The number of nitrogens with one attached hydrogen (secondary N) is 1. The van der Waals surface area contributed by atoms with Crippen LogP contribution in [-0.4, -0.2) is 5.71 Å². The minimum absolute atomic E-state index is 0.0241. The van der Waals surface area contributed by atoms with Crippen LogP contribution in [0.3, 0.4) is 0 Å². The highest BCUT2D eigenvalue weighted by Crippen LogP contribution is 2.48. The van der Waals surface area contributed by atoms with Crippen LogP contribution in [0, 0.1) is 22.2 Å². The van der Waals surface area contributed by atoms with Gasteiger partial charge in [0.2, 0.25) is 0 Å². The maximum absolute atomic E-state index is 9.23. The Kier molecular flexibility index (Phi) is 2.83. The van der Waals surface area contributed by atoms with Crippen LogP contribution in [0.4, 0.5) is 5.00 Å². The first-order chi connectivity index (χ1) is 8.29. The SMILES string of the molecule is CC(=N)C1=C(C)C(C)(C)Cc2c1sc(N)c2C#N. The van der Waals surface area contributed by atoms with Gasteiger partial charge in [-0.25, -0.2) is 0 Å². The van der Waals surface area contributed by atoms with Crippen molar-refractivity contribution in [3.05, 3.63) is 21.6 Å². The summed E-state index contributed by atoms with van der Waals surface area (Å²) in [7, 11) is 0. The van der Waals surface area contributed by atoms with Gasteiger partial charge in [0, 0.05) is 16.2 Å². The third kappa shape index (κ3) is 1.67. The van der Waals surface area contributed by atoms with Crippen LogP contribution in [0.5, 0.6) is 0 Å². The minimum Gasteiger partial charge on any atom is -0.389 e. The lowest BCUT2D eigenvalue weighted by molar-refractivity contribution is 0.440. The molecule has 1 aliphatic carbocycles. The largest absolute Gasteiger partial charge is 0.389 e. The van der Waals surface area contributed by atoms with Crippen LogP contribution in [-0.2, 0) is 6.42 Å². The van der Waals surface area contributed by atoms with Gasteiger partial charge in [-0.05, 0) is 31.2 Å². The van der Waals surface area contributed by atoms with Gasteiger partial charge in [0.1, 0.15) is 11.1 Å². The van der Waals surface area contributed by atoms with Gasteiger partial charge in [-0.2, -0.15) is 5.26 Å². The zero-order valence-corrected chi connectivity index (χ0v) is 12.0. The molecule has 0 spiro atoms. The highest BCUT2D eigenvalue weighted by Gasteiger charge is 2.35. The molecular formula is C14H17N3S. The molecule has 0 fully saturated rings. The van der Waals surface area contributed by atoms with Crippen LogP contribution in [0.15, 0.2) is 5.57 Å². The lowest BCUT2D eigenvalue weighted by Crippen LogP contribution is -2.24. The van der Waals surface area contributed by atoms with Crippen molar-refractivity contribution in [1.82, 2.24) is 0 Å². The monoisotopic (exact) mass is 259 g/mol. The second-order valence-corrected chi connectivity index (χ2v) is 6.50. The number of allylic oxidation sites excluding steroid dienone is 2. The molecule has 0 saturated carbocycles. The first-order valence-electron chi connectivity index (χ1n) is 5.88. The van der Waals surface area contributed by atoms with Crippen LogP contribution in [0.2, 0.25) is 0 Å². The number of nitrogens with zero attached hydrogens (tertiary/aromatic N) is 1. The van der Waals surface area contributed by atoms with Gasteiger partial charge in [-0.3, -0.25) is 0 Å². The molecule has 0 saturated heterocycles. The van der Waals surface area contributed by atoms with Gasteiger partial charge < -0.3 is 11.1 Å². The van der Waals surface area contributed by atoms with Gasteiger partial charge >= 0.3 is 0 Å². The van der Waals surface area contributed by atoms with E-state index >= 15 is 0 Å². The zero-order valence-electron chi connectivity index (χ0n) is 11.1. The van der Waals surface area contributed by atoms with Gasteiger partial charge in [0.25, 0.3) is 0 Å². The van der Waals surface area contributed by atoms with E-state index in [0.29, 0.717) is 16.3 Å². The van der Waals surface area contributed by atoms with Crippen molar-refractivity contribution in [1.29, 1.82) is 10.7 Å². The lowest BCUT2D eigenvalue weighted by Gasteiger charge is -2.33. The lowest BCUT2D eigenvalue weighted by atomic mass is 9.71. The average Bonchev–Trinajstić information content (AvgIpc) is 2.53. The highest BCUT2D eigenvalue weighted by atomic mass is 32.1. The number of hydrogen-bond acceptors (Lipinski definition) is 4. The van der Waals surface area contributed by atoms with Crippen LogP contribution >= 0.6 is 11.3 Å². The predicted molar refractivity (Wildman–Crippen MR) is 76.9 cm³/mol. The van der Waals surface area contributed by atoms with Crippen molar-refractivity contribution < 1.29 is 0 Å². The number of hydrogen-bond donors (Lipinski definition) is 2. The van der Waals surface area contributed by atoms with E-state index in [1.807, 2.05) is 0 Å². The number of nitrogens with two attached hydrogens (primary N) is 1. The van der Waals surface area contributed by atoms with E-state index in [1.165, 1.54) is 16.9 Å². The van der Waals surface area contributed by atoms with Crippen molar-refractivity contribution >= 4 is 27.6 Å². The molecule has 18 heavy (non-hydrogen) atoms. The Hall–Kier alpha value is -1.60. The van der Waals surface area contributed by atoms with Crippen LogP contribution < -0.4 is 5.73 Å². The van der Waals surface area contributed by atoms with E-state index in [9.17, 15) is 5.26 Å². The van der Waals surface area contributed by atoms with Crippen molar-refractivity contribution in [3.63, 3.8) is 0 Å². The molecule has 0 bridgehead atoms. The Morgan fingerprint density at radius 3 is 2.61 bits per heavy atom. The van der Waals surface area contributed by atoms with Crippen molar-refractivity contribution in [2.45, 2.75) is 34.1 Å². The Labute approximate surface area is 111 Å². The average molecular weight is 259 g/mol. The molecule has 4 heteroatoms. The number of fused-ring (bicyclic) bond motifs is 1. The van der Waals surface area contributed by atoms with Crippen LogP contribution in [0.1, 0.15) is 43.7 Å². The molecule has 3 nitrogen and oxygen atoms in total. The van der Waals surface area contributed by atoms with E-state index in [4.69, 9.17) is 11.1 Å². The number of nitrogen functional groups attached to an aromatic ring is 1. The van der Waals surface area contributed by atoms with E-state index in [-0.39, 0.29) is 5.41 Å². The van der Waals surface area contributed by atoms with E-state index in [2.05, 4.69) is 26.8 Å². The summed E-state index contributed by atoms with van der Waals surface area (Å²) < 4.78 is 0. The van der Waals surface area contributed by atoms with Gasteiger partial charge in [0.05, 0.1) is 5.56 Å². The second kappa shape index (κ2) is 3.96. The molecule has 0 unspecified atom stereocenters. The van der Waals surface area contributed by atoms with E-state index < -0.39 is 0 Å². The first-order valence-corrected chi connectivity index (χ1v) is 6.69. The fourth-order valence-electron chi connectivity index (χ4n) is 2.51. The number of thiophene rings is 1. The Balaban J connectivity index is 2.81. The van der Waals surface area contributed by atoms with Gasteiger partial charge in [-0.1, -0.05) is 19.4 Å². The summed E-state index contributed by atoms with van der Waals surface area (Å²) in [6.07, 6.45) is 0.821. The quantitative estimate of drug-likeness (QED) is 0.756. The third-order valence-electron chi connectivity index (χ3n) is 3.76. The molecule has 0 atom stereocenters. The second-order valence-electron chi connectivity index (χ2n) is 5.45. The maximum atomic E-state index is 9.23. The van der Waals surface area contributed by atoms with Gasteiger partial charge in [-0.15, -0.1) is 11.3 Å². The predicted octanol–water partition coefficient (Wildman–Crippen LogP) is 3.60. The molecule has 3 N–H and O–H groups in total. The topological polar surface area (TPSA) is 73.7 Å². The molecular weight excluding hydrogens is 242 g/mol. The summed E-state index contributed by atoms with van der Waals surface area (Å²) in [5.41, 5.74) is 10.3. The molecule has 0 radical (unpaired) electrons. The summed E-state index contributed by atoms with van der Waals surface area (Å²) in [6.45, 7) is 8.19. The van der Waals surface area contributed by atoms with Crippen LogP contribution in [0.25, 0.3) is 5.57 Å². The normalized spacial score (nSPS) is 17.3. The first kappa shape index (κ1) is 12.8. The smallest absolute Gasteiger partial charge is 0.105 e. The molecule has 1 heterocycles. The number of nitriles is 1. The Morgan fingerprint density at radius 2 is 2.11 bits per heavy atom. The summed E-state index contributed by atoms with van der Waals surface area (Å²) in [4.78, 5) is 1.02. The molecule has 0 amide bonds. The summed E-state index contributed by atoms with van der Waals surface area (Å²) in [6, 6.07) is 2.21. The molecule has 1 aromatic rings. The highest BCUT2D eigenvalue weighted by molar-refractivity contribution is 7.17. The third-order valence-corrected chi connectivity index (χ3v) is 4.84. The van der Waals surface area contributed by atoms with Gasteiger partial charge in [0.15, 0.2) is 0 Å².